The van der Waals surface area contributed by atoms with Gasteiger partial charge in [0.05, 0.1) is 0 Å². The number of hydrogen-bond donors (Lipinski definition) is 1. The van der Waals surface area contributed by atoms with E-state index in [2.05, 4.69) is 20.0 Å². The quantitative estimate of drug-likeness (QED) is 0.814. The summed E-state index contributed by atoms with van der Waals surface area (Å²) >= 11 is 0. The maximum atomic E-state index is 12.1. The van der Waals surface area contributed by atoms with E-state index in [1.54, 1.807) is 0 Å². The van der Waals surface area contributed by atoms with E-state index < -0.39 is 12.1 Å². The molecule has 15 heavy (non-hydrogen) atoms. The zero-order valence-electron chi connectivity index (χ0n) is 7.54. The van der Waals surface area contributed by atoms with Gasteiger partial charge >= 0.3 is 12.1 Å². The average molecular weight is 244 g/mol. The normalized spacial score (nSPS) is 21.4. The second-order valence-corrected chi connectivity index (χ2v) is 3.15. The smallest absolute Gasteiger partial charge is 0.329 e. The summed E-state index contributed by atoms with van der Waals surface area (Å²) in [6.07, 6.45) is -3.80. The van der Waals surface area contributed by atoms with Crippen molar-refractivity contribution >= 4 is 12.4 Å². The maximum absolute atomic E-state index is 12.1. The van der Waals surface area contributed by atoms with Crippen molar-refractivity contribution in [2.24, 2.45) is 0 Å². The Morgan fingerprint density at radius 1 is 1.40 bits per heavy atom. The van der Waals surface area contributed by atoms with Crippen LogP contribution < -0.4 is 5.32 Å². The van der Waals surface area contributed by atoms with E-state index in [1.807, 2.05) is 0 Å². The SMILES string of the molecule is Cl.FC(F)(F)c1nc(C2CCNC2)no1. The molecule has 1 aliphatic heterocycles. The lowest BCUT2D eigenvalue weighted by atomic mass is 10.1. The molecule has 1 aliphatic rings. The molecule has 0 radical (unpaired) electrons. The Hall–Kier alpha value is -0.820. The predicted molar refractivity (Wildman–Crippen MR) is 46.8 cm³/mol. The Morgan fingerprint density at radius 2 is 2.13 bits per heavy atom. The lowest BCUT2D eigenvalue weighted by Crippen LogP contribution is -2.09. The monoisotopic (exact) mass is 243 g/mol. The molecule has 0 aromatic carbocycles. The Kier molecular flexibility index (Phi) is 3.56. The summed E-state index contributed by atoms with van der Waals surface area (Å²) in [6.45, 7) is 1.39. The Bertz CT molecular complexity index is 322. The van der Waals surface area contributed by atoms with Crippen LogP contribution in [0.4, 0.5) is 13.2 Å². The first-order chi connectivity index (χ1) is 6.57. The zero-order chi connectivity index (χ0) is 10.2. The minimum atomic E-state index is -4.54. The van der Waals surface area contributed by atoms with Gasteiger partial charge in [0.25, 0.3) is 0 Å². The van der Waals surface area contributed by atoms with Crippen LogP contribution in [0.2, 0.25) is 0 Å². The van der Waals surface area contributed by atoms with E-state index in [4.69, 9.17) is 0 Å². The minimum Gasteiger partial charge on any atom is -0.329 e. The first-order valence-corrected chi connectivity index (χ1v) is 4.19. The van der Waals surface area contributed by atoms with Gasteiger partial charge in [0, 0.05) is 12.5 Å². The molecular weight excluding hydrogens is 235 g/mol. The highest BCUT2D eigenvalue weighted by atomic mass is 35.5. The fourth-order valence-corrected chi connectivity index (χ4v) is 1.39. The summed E-state index contributed by atoms with van der Waals surface area (Å²) in [6, 6.07) is 0. The van der Waals surface area contributed by atoms with E-state index in [0.717, 1.165) is 13.0 Å². The van der Waals surface area contributed by atoms with Gasteiger partial charge in [-0.25, -0.2) is 0 Å². The number of rotatable bonds is 1. The molecule has 0 amide bonds. The molecule has 0 bridgehead atoms. The lowest BCUT2D eigenvalue weighted by Gasteiger charge is -1.99. The summed E-state index contributed by atoms with van der Waals surface area (Å²) in [5.74, 6) is -1.18. The molecule has 2 rings (SSSR count). The molecule has 86 valence electrons. The third-order valence-electron chi connectivity index (χ3n) is 2.11. The topological polar surface area (TPSA) is 51.0 Å². The van der Waals surface area contributed by atoms with Gasteiger partial charge in [-0.1, -0.05) is 5.16 Å². The van der Waals surface area contributed by atoms with Gasteiger partial charge in [-0.3, -0.25) is 0 Å². The summed E-state index contributed by atoms with van der Waals surface area (Å²) < 4.78 is 40.4. The van der Waals surface area contributed by atoms with Crippen LogP contribution in [0.5, 0.6) is 0 Å². The molecule has 0 spiro atoms. The minimum absolute atomic E-state index is 0. The van der Waals surface area contributed by atoms with Crippen molar-refractivity contribution in [2.45, 2.75) is 18.5 Å². The molecule has 1 atom stereocenters. The average Bonchev–Trinajstić information content (AvgIpc) is 2.73. The van der Waals surface area contributed by atoms with E-state index in [0.29, 0.717) is 6.54 Å². The Labute approximate surface area is 89.6 Å². The third-order valence-corrected chi connectivity index (χ3v) is 2.11. The van der Waals surface area contributed by atoms with Crippen molar-refractivity contribution in [3.05, 3.63) is 11.7 Å². The van der Waals surface area contributed by atoms with Crippen LogP contribution in [-0.2, 0) is 6.18 Å². The summed E-state index contributed by atoms with van der Waals surface area (Å²) in [7, 11) is 0. The fourth-order valence-electron chi connectivity index (χ4n) is 1.39. The van der Waals surface area contributed by atoms with Crippen LogP contribution in [0.1, 0.15) is 24.1 Å². The molecule has 4 nitrogen and oxygen atoms in total. The van der Waals surface area contributed by atoms with Gasteiger partial charge in [0.2, 0.25) is 0 Å². The first kappa shape index (κ1) is 12.3. The molecule has 1 unspecified atom stereocenters. The molecule has 1 aromatic rings. The highest BCUT2D eigenvalue weighted by Gasteiger charge is 2.39. The van der Waals surface area contributed by atoms with Crippen LogP contribution >= 0.6 is 12.4 Å². The molecular formula is C7H9ClF3N3O. The number of nitrogens with zero attached hydrogens (tertiary/aromatic N) is 2. The molecule has 1 saturated heterocycles. The molecule has 0 saturated carbocycles. The van der Waals surface area contributed by atoms with Crippen LogP contribution in [0.25, 0.3) is 0 Å². The largest absolute Gasteiger partial charge is 0.471 e. The third kappa shape index (κ3) is 2.60. The summed E-state index contributed by atoms with van der Waals surface area (Å²) in [4.78, 5) is 3.32. The maximum Gasteiger partial charge on any atom is 0.471 e. The first-order valence-electron chi connectivity index (χ1n) is 4.19. The van der Waals surface area contributed by atoms with Crippen LogP contribution in [0, 0.1) is 0 Å². The Balaban J connectivity index is 0.00000112. The molecule has 8 heteroatoms. The Morgan fingerprint density at radius 3 is 2.60 bits per heavy atom. The number of hydrogen-bond acceptors (Lipinski definition) is 4. The lowest BCUT2D eigenvalue weighted by molar-refractivity contribution is -0.159. The van der Waals surface area contributed by atoms with E-state index >= 15 is 0 Å². The van der Waals surface area contributed by atoms with Gasteiger partial charge < -0.3 is 9.84 Å². The van der Waals surface area contributed by atoms with Crippen molar-refractivity contribution in [2.75, 3.05) is 13.1 Å². The molecule has 0 aliphatic carbocycles. The van der Waals surface area contributed by atoms with Gasteiger partial charge in [0.15, 0.2) is 5.82 Å². The van der Waals surface area contributed by atoms with Crippen molar-refractivity contribution in [3.8, 4) is 0 Å². The van der Waals surface area contributed by atoms with Gasteiger partial charge in [-0.15, -0.1) is 12.4 Å². The second kappa shape index (κ2) is 4.36. The van der Waals surface area contributed by atoms with E-state index in [1.165, 1.54) is 0 Å². The summed E-state index contributed by atoms with van der Waals surface area (Å²) in [5.41, 5.74) is 0. The standard InChI is InChI=1S/C7H8F3N3O.ClH/c8-7(9,10)6-12-5(13-14-6)4-1-2-11-3-4;/h4,11H,1-3H2;1H. The molecule has 1 aromatic heterocycles. The number of alkyl halides is 3. The van der Waals surface area contributed by atoms with Gasteiger partial charge in [0.1, 0.15) is 0 Å². The molecule has 1 fully saturated rings. The van der Waals surface area contributed by atoms with Crippen LogP contribution in [0.15, 0.2) is 4.52 Å². The van der Waals surface area contributed by atoms with E-state index in [-0.39, 0.29) is 24.1 Å². The number of aromatic nitrogens is 2. The van der Waals surface area contributed by atoms with Crippen molar-refractivity contribution in [3.63, 3.8) is 0 Å². The fraction of sp³-hybridized carbons (Fsp3) is 0.714. The molecule has 2 heterocycles. The van der Waals surface area contributed by atoms with Crippen molar-refractivity contribution < 1.29 is 17.7 Å². The highest BCUT2D eigenvalue weighted by Crippen LogP contribution is 2.29. The van der Waals surface area contributed by atoms with Crippen LogP contribution in [0.3, 0.4) is 0 Å². The van der Waals surface area contributed by atoms with Crippen molar-refractivity contribution in [1.82, 2.24) is 15.5 Å². The summed E-state index contributed by atoms with van der Waals surface area (Å²) in [5, 5.41) is 6.33. The van der Waals surface area contributed by atoms with Gasteiger partial charge in [-0.2, -0.15) is 18.2 Å². The van der Waals surface area contributed by atoms with Gasteiger partial charge in [-0.05, 0) is 13.0 Å². The predicted octanol–water partition coefficient (Wildman–Crippen LogP) is 1.59. The van der Waals surface area contributed by atoms with Crippen molar-refractivity contribution in [1.29, 1.82) is 0 Å². The molecule has 1 N–H and O–H groups in total. The second-order valence-electron chi connectivity index (χ2n) is 3.15. The zero-order valence-corrected chi connectivity index (χ0v) is 8.36. The highest BCUT2D eigenvalue weighted by molar-refractivity contribution is 5.85. The van der Waals surface area contributed by atoms with Crippen LogP contribution in [-0.4, -0.2) is 23.2 Å². The van der Waals surface area contributed by atoms with E-state index in [9.17, 15) is 13.2 Å². The number of nitrogens with one attached hydrogen (secondary N) is 1. The number of halogens is 4.